The van der Waals surface area contributed by atoms with E-state index in [4.69, 9.17) is 4.74 Å². The largest absolute Gasteiger partial charge is 0.466 e. The summed E-state index contributed by atoms with van der Waals surface area (Å²) in [7, 11) is 0. The Bertz CT molecular complexity index is 904. The van der Waals surface area contributed by atoms with Crippen molar-refractivity contribution in [2.24, 2.45) is 0 Å². The maximum absolute atomic E-state index is 12.4. The third kappa shape index (κ3) is 43.9. The van der Waals surface area contributed by atoms with Gasteiger partial charge in [0, 0.05) is 12.8 Å². The van der Waals surface area contributed by atoms with Gasteiger partial charge in [-0.05, 0) is 70.6 Å². The molecule has 0 aromatic carbocycles. The van der Waals surface area contributed by atoms with Crippen LogP contribution in [0.2, 0.25) is 0 Å². The number of aliphatic hydroxyl groups excluding tert-OH is 2. The number of hydrogen-bond acceptors (Lipinski definition) is 5. The fourth-order valence-electron chi connectivity index (χ4n) is 7.73. The maximum atomic E-state index is 12.4. The molecule has 0 radical (unpaired) electrons. The summed E-state index contributed by atoms with van der Waals surface area (Å²) >= 11 is 0. The lowest BCUT2D eigenvalue weighted by Gasteiger charge is -2.22. The van der Waals surface area contributed by atoms with E-state index in [0.717, 1.165) is 70.6 Å². The summed E-state index contributed by atoms with van der Waals surface area (Å²) in [5.74, 6) is -0.0882. The van der Waals surface area contributed by atoms with E-state index in [1.807, 2.05) is 0 Å². The van der Waals surface area contributed by atoms with Crippen LogP contribution in [0.3, 0.4) is 0 Å². The van der Waals surface area contributed by atoms with Crippen LogP contribution in [0.15, 0.2) is 24.3 Å². The summed E-state index contributed by atoms with van der Waals surface area (Å²) in [5, 5.41) is 23.2. The van der Waals surface area contributed by atoms with Crippen molar-refractivity contribution in [3.63, 3.8) is 0 Å². The van der Waals surface area contributed by atoms with Gasteiger partial charge in [0.05, 0.1) is 25.4 Å². The van der Waals surface area contributed by atoms with E-state index in [1.54, 1.807) is 0 Å². The zero-order chi connectivity index (χ0) is 42.3. The molecule has 0 saturated carbocycles. The van der Waals surface area contributed by atoms with Gasteiger partial charge in [0.2, 0.25) is 5.91 Å². The van der Waals surface area contributed by atoms with Crippen LogP contribution in [0, 0.1) is 0 Å². The average molecular weight is 818 g/mol. The Hall–Kier alpha value is -1.66. The first-order chi connectivity index (χ1) is 28.5. The molecule has 0 aliphatic carbocycles. The quantitative estimate of drug-likeness (QED) is 0.0323. The third-order valence-corrected chi connectivity index (χ3v) is 11.7. The zero-order valence-electron chi connectivity index (χ0n) is 38.8. The highest BCUT2D eigenvalue weighted by molar-refractivity contribution is 5.76. The normalized spacial score (nSPS) is 12.8. The highest BCUT2D eigenvalue weighted by Crippen LogP contribution is 2.16. The Kier molecular flexibility index (Phi) is 46.6. The van der Waals surface area contributed by atoms with Gasteiger partial charge in [-0.25, -0.2) is 0 Å². The molecule has 58 heavy (non-hydrogen) atoms. The molecule has 0 aliphatic heterocycles. The molecule has 0 rings (SSSR count). The zero-order valence-corrected chi connectivity index (χ0v) is 38.8. The SMILES string of the molecule is CCCC/C=C\CCCCCCCC(=O)OCCCCCCCC/C=C\CCCCCC(=O)NC(CO)C(O)CCCCCCCCCCCCCCCCCCC. The highest BCUT2D eigenvalue weighted by Gasteiger charge is 2.20. The summed E-state index contributed by atoms with van der Waals surface area (Å²) in [5.41, 5.74) is 0. The second-order valence-electron chi connectivity index (χ2n) is 17.5. The molecule has 0 bridgehead atoms. The predicted octanol–water partition coefficient (Wildman–Crippen LogP) is 15.1. The molecule has 2 unspecified atom stereocenters. The van der Waals surface area contributed by atoms with Gasteiger partial charge < -0.3 is 20.3 Å². The number of allylic oxidation sites excluding steroid dienone is 4. The summed E-state index contributed by atoms with van der Waals surface area (Å²) in [4.78, 5) is 24.4. The van der Waals surface area contributed by atoms with Crippen LogP contribution in [0.4, 0.5) is 0 Å². The molecule has 0 aromatic heterocycles. The number of ether oxygens (including phenoxy) is 1. The van der Waals surface area contributed by atoms with Gasteiger partial charge in [-0.1, -0.05) is 212 Å². The Morgan fingerprint density at radius 2 is 0.828 bits per heavy atom. The van der Waals surface area contributed by atoms with Gasteiger partial charge in [0.15, 0.2) is 0 Å². The first kappa shape index (κ1) is 56.3. The summed E-state index contributed by atoms with van der Waals surface area (Å²) in [6.45, 7) is 4.87. The molecule has 0 aromatic rings. The number of hydrogen-bond donors (Lipinski definition) is 3. The van der Waals surface area contributed by atoms with E-state index in [0.29, 0.717) is 25.9 Å². The lowest BCUT2D eigenvalue weighted by atomic mass is 10.0. The number of nitrogens with one attached hydrogen (secondary N) is 1. The monoisotopic (exact) mass is 818 g/mol. The fourth-order valence-corrected chi connectivity index (χ4v) is 7.73. The number of rotatable bonds is 47. The van der Waals surface area contributed by atoms with Crippen LogP contribution in [0.1, 0.15) is 271 Å². The van der Waals surface area contributed by atoms with Crippen molar-refractivity contribution in [3.8, 4) is 0 Å². The lowest BCUT2D eigenvalue weighted by Crippen LogP contribution is -2.45. The number of carbonyl (C=O) groups is 2. The first-order valence-electron chi connectivity index (χ1n) is 25.6. The van der Waals surface area contributed by atoms with Crippen molar-refractivity contribution >= 4 is 11.9 Å². The van der Waals surface area contributed by atoms with Crippen LogP contribution >= 0.6 is 0 Å². The van der Waals surface area contributed by atoms with Gasteiger partial charge in [-0.3, -0.25) is 9.59 Å². The lowest BCUT2D eigenvalue weighted by molar-refractivity contribution is -0.143. The number of amides is 1. The Balaban J connectivity index is 3.52. The van der Waals surface area contributed by atoms with Crippen molar-refractivity contribution in [1.29, 1.82) is 0 Å². The average Bonchev–Trinajstić information content (AvgIpc) is 3.22. The van der Waals surface area contributed by atoms with Crippen LogP contribution in [0.5, 0.6) is 0 Å². The molecule has 2 atom stereocenters. The molecule has 0 saturated heterocycles. The van der Waals surface area contributed by atoms with E-state index in [2.05, 4.69) is 43.5 Å². The van der Waals surface area contributed by atoms with E-state index < -0.39 is 12.1 Å². The van der Waals surface area contributed by atoms with Gasteiger partial charge in [-0.2, -0.15) is 0 Å². The number of unbranched alkanes of at least 4 members (excludes halogenated alkanes) is 32. The maximum Gasteiger partial charge on any atom is 0.305 e. The molecular formula is C52H99NO5. The molecule has 6 heteroatoms. The van der Waals surface area contributed by atoms with E-state index in [1.165, 1.54) is 167 Å². The molecule has 0 aliphatic rings. The van der Waals surface area contributed by atoms with E-state index >= 15 is 0 Å². The molecule has 3 N–H and O–H groups in total. The molecule has 6 nitrogen and oxygen atoms in total. The van der Waals surface area contributed by atoms with E-state index in [9.17, 15) is 19.8 Å². The predicted molar refractivity (Wildman–Crippen MR) is 250 cm³/mol. The fraction of sp³-hybridized carbons (Fsp3) is 0.885. The van der Waals surface area contributed by atoms with Crippen molar-refractivity contribution in [2.45, 2.75) is 283 Å². The van der Waals surface area contributed by atoms with Crippen molar-refractivity contribution in [3.05, 3.63) is 24.3 Å². The van der Waals surface area contributed by atoms with E-state index in [-0.39, 0.29) is 18.5 Å². The van der Waals surface area contributed by atoms with Gasteiger partial charge in [0.25, 0.3) is 0 Å². The summed E-state index contributed by atoms with van der Waals surface area (Å²) < 4.78 is 5.43. The van der Waals surface area contributed by atoms with Crippen LogP contribution in [0.25, 0.3) is 0 Å². The minimum atomic E-state index is -0.681. The van der Waals surface area contributed by atoms with Crippen molar-refractivity contribution < 1.29 is 24.5 Å². The molecule has 0 spiro atoms. The molecule has 1 amide bonds. The molecule has 0 fully saturated rings. The van der Waals surface area contributed by atoms with Crippen molar-refractivity contribution in [1.82, 2.24) is 5.32 Å². The number of esters is 1. The van der Waals surface area contributed by atoms with Crippen LogP contribution < -0.4 is 5.32 Å². The summed E-state index contributed by atoms with van der Waals surface area (Å²) in [6, 6.07) is -0.561. The highest BCUT2D eigenvalue weighted by atomic mass is 16.5. The second kappa shape index (κ2) is 48.0. The molecule has 342 valence electrons. The summed E-state index contributed by atoms with van der Waals surface area (Å²) in [6.07, 6.45) is 55.7. The van der Waals surface area contributed by atoms with Crippen molar-refractivity contribution in [2.75, 3.05) is 13.2 Å². The third-order valence-electron chi connectivity index (χ3n) is 11.7. The Labute approximate surface area is 361 Å². The Morgan fingerprint density at radius 3 is 1.29 bits per heavy atom. The minimum Gasteiger partial charge on any atom is -0.466 e. The van der Waals surface area contributed by atoms with Gasteiger partial charge in [0.1, 0.15) is 0 Å². The van der Waals surface area contributed by atoms with Crippen LogP contribution in [-0.4, -0.2) is 47.4 Å². The first-order valence-corrected chi connectivity index (χ1v) is 25.6. The topological polar surface area (TPSA) is 95.9 Å². The van der Waals surface area contributed by atoms with Gasteiger partial charge >= 0.3 is 5.97 Å². The number of carbonyl (C=O) groups excluding carboxylic acids is 2. The molecule has 0 heterocycles. The minimum absolute atomic E-state index is 0.0237. The smallest absolute Gasteiger partial charge is 0.305 e. The molecular weight excluding hydrogens is 719 g/mol. The number of aliphatic hydroxyl groups is 2. The second-order valence-corrected chi connectivity index (χ2v) is 17.5. The Morgan fingerprint density at radius 1 is 0.466 bits per heavy atom. The van der Waals surface area contributed by atoms with Gasteiger partial charge in [-0.15, -0.1) is 0 Å². The van der Waals surface area contributed by atoms with Crippen LogP contribution in [-0.2, 0) is 14.3 Å². The standard InChI is InChI=1S/C52H99NO5/c1-3-5-7-9-11-13-15-16-17-18-19-21-25-28-32-36-40-44-50(55)49(48-54)53-51(56)45-41-37-33-29-26-22-20-23-27-31-35-39-43-47-58-52(57)46-42-38-34-30-24-14-12-10-8-6-4-2/h10,12,22,26,49-50,54-55H,3-9,11,13-21,23-25,27-48H2,1-2H3,(H,53,56)/b12-10-,26-22-.